The van der Waals surface area contributed by atoms with Gasteiger partial charge in [-0.3, -0.25) is 0 Å². The third-order valence-electron chi connectivity index (χ3n) is 10.0. The zero-order valence-electron chi connectivity index (χ0n) is 27.3. The van der Waals surface area contributed by atoms with Gasteiger partial charge >= 0.3 is 0 Å². The van der Waals surface area contributed by atoms with Crippen LogP contribution in [0.15, 0.2) is 192 Å². The van der Waals surface area contributed by atoms with E-state index in [0.29, 0.717) is 0 Å². The van der Waals surface area contributed by atoms with E-state index in [9.17, 15) is 0 Å². The lowest BCUT2D eigenvalue weighted by Crippen LogP contribution is -2.09. The molecule has 0 amide bonds. The van der Waals surface area contributed by atoms with E-state index in [1.807, 2.05) is 0 Å². The molecule has 0 aliphatic carbocycles. The smallest absolute Gasteiger partial charge is 0.143 e. The molecule has 10 rings (SSSR count). The van der Waals surface area contributed by atoms with Crippen molar-refractivity contribution in [1.82, 2.24) is 0 Å². The van der Waals surface area contributed by atoms with Crippen LogP contribution in [0, 0.1) is 0 Å². The third-order valence-corrected chi connectivity index (χ3v) is 10.0. The minimum atomic E-state index is 0.879. The van der Waals surface area contributed by atoms with Crippen LogP contribution in [-0.2, 0) is 0 Å². The van der Waals surface area contributed by atoms with Gasteiger partial charge in [0.15, 0.2) is 0 Å². The number of furan rings is 1. The van der Waals surface area contributed by atoms with E-state index >= 15 is 0 Å². The van der Waals surface area contributed by atoms with Gasteiger partial charge < -0.3 is 9.32 Å². The van der Waals surface area contributed by atoms with Crippen LogP contribution >= 0.6 is 0 Å². The average Bonchev–Trinajstić information content (AvgIpc) is 3.56. The van der Waals surface area contributed by atoms with Gasteiger partial charge in [-0.25, -0.2) is 0 Å². The summed E-state index contributed by atoms with van der Waals surface area (Å²) in [6.45, 7) is 0. The van der Waals surface area contributed by atoms with Gasteiger partial charge in [0, 0.05) is 33.2 Å². The molecule has 234 valence electrons. The second-order valence-electron chi connectivity index (χ2n) is 12.9. The van der Waals surface area contributed by atoms with Crippen molar-refractivity contribution in [3.63, 3.8) is 0 Å². The quantitative estimate of drug-likeness (QED) is 0.175. The number of anilines is 3. The molecule has 0 bridgehead atoms. The molecular weight excluding hydrogens is 607 g/mol. The molecule has 10 aromatic rings. The molecule has 50 heavy (non-hydrogen) atoms. The highest BCUT2D eigenvalue weighted by atomic mass is 16.3. The molecule has 0 atom stereocenters. The summed E-state index contributed by atoms with van der Waals surface area (Å²) in [6.07, 6.45) is 0. The van der Waals surface area contributed by atoms with E-state index in [-0.39, 0.29) is 0 Å². The van der Waals surface area contributed by atoms with Crippen LogP contribution in [0.1, 0.15) is 0 Å². The maximum Gasteiger partial charge on any atom is 0.143 e. The lowest BCUT2D eigenvalue weighted by Gasteiger charge is -2.26. The molecule has 1 heterocycles. The monoisotopic (exact) mass is 637 g/mol. The molecule has 0 fully saturated rings. The first-order valence-electron chi connectivity index (χ1n) is 17.1. The Morgan fingerprint density at radius 2 is 0.960 bits per heavy atom. The second-order valence-corrected chi connectivity index (χ2v) is 12.9. The van der Waals surface area contributed by atoms with Crippen molar-refractivity contribution in [2.45, 2.75) is 0 Å². The first-order chi connectivity index (χ1) is 24.8. The van der Waals surface area contributed by atoms with Gasteiger partial charge in [0.2, 0.25) is 0 Å². The minimum Gasteiger partial charge on any atom is -0.455 e. The second kappa shape index (κ2) is 11.5. The van der Waals surface area contributed by atoms with Crippen LogP contribution in [0.4, 0.5) is 17.1 Å². The summed E-state index contributed by atoms with van der Waals surface area (Å²) in [6, 6.07) is 67.4. The molecule has 2 heteroatoms. The van der Waals surface area contributed by atoms with Crippen molar-refractivity contribution >= 4 is 71.3 Å². The van der Waals surface area contributed by atoms with Crippen LogP contribution in [0.5, 0.6) is 0 Å². The molecule has 0 saturated heterocycles. The minimum absolute atomic E-state index is 0.879. The van der Waals surface area contributed by atoms with Crippen molar-refractivity contribution in [2.24, 2.45) is 0 Å². The number of hydrogen-bond donors (Lipinski definition) is 0. The Morgan fingerprint density at radius 3 is 1.82 bits per heavy atom. The number of hydrogen-bond acceptors (Lipinski definition) is 2. The van der Waals surface area contributed by atoms with Gasteiger partial charge in [0.1, 0.15) is 11.2 Å². The van der Waals surface area contributed by atoms with Gasteiger partial charge in [-0.15, -0.1) is 0 Å². The van der Waals surface area contributed by atoms with Gasteiger partial charge in [0.05, 0.1) is 0 Å². The van der Waals surface area contributed by atoms with E-state index < -0.39 is 0 Å². The predicted octanol–water partition coefficient (Wildman–Crippen LogP) is 13.8. The van der Waals surface area contributed by atoms with Crippen LogP contribution in [0.3, 0.4) is 0 Å². The lowest BCUT2D eigenvalue weighted by molar-refractivity contribution is 0.672. The zero-order valence-corrected chi connectivity index (χ0v) is 27.3. The number of benzene rings is 9. The Hall–Kier alpha value is -6.64. The molecule has 0 aliphatic heterocycles. The van der Waals surface area contributed by atoms with Gasteiger partial charge in [-0.05, 0) is 104 Å². The normalized spacial score (nSPS) is 11.6. The first kappa shape index (κ1) is 28.4. The highest BCUT2D eigenvalue weighted by Gasteiger charge is 2.19. The summed E-state index contributed by atoms with van der Waals surface area (Å²) in [5.41, 5.74) is 9.83. The van der Waals surface area contributed by atoms with E-state index in [0.717, 1.165) is 44.4 Å². The fraction of sp³-hybridized carbons (Fsp3) is 0. The van der Waals surface area contributed by atoms with Crippen LogP contribution in [0.2, 0.25) is 0 Å². The first-order valence-corrected chi connectivity index (χ1v) is 17.1. The molecule has 2 nitrogen and oxygen atoms in total. The Balaban J connectivity index is 1.14. The van der Waals surface area contributed by atoms with Crippen molar-refractivity contribution in [1.29, 1.82) is 0 Å². The Kier molecular flexibility index (Phi) is 6.53. The summed E-state index contributed by atoms with van der Waals surface area (Å²) >= 11 is 0. The fourth-order valence-electron chi connectivity index (χ4n) is 7.62. The fourth-order valence-corrected chi connectivity index (χ4v) is 7.62. The number of nitrogens with zero attached hydrogens (tertiary/aromatic N) is 1. The van der Waals surface area contributed by atoms with Crippen molar-refractivity contribution in [2.75, 3.05) is 4.90 Å². The lowest BCUT2D eigenvalue weighted by atomic mass is 9.95. The molecule has 0 N–H and O–H groups in total. The third kappa shape index (κ3) is 4.65. The molecular formula is C48H31NO. The molecule has 9 aromatic carbocycles. The standard InChI is InChI=1S/C48H31NO/c1-3-12-32(13-4-1)44-31-46-45-30-39(25-27-47(45)50-48(46)43-21-10-9-20-42(43)44)49(37-16-5-2-6-17-37)38-18-11-15-34(29-38)35-24-26-41-36(28-35)23-22-33-14-7-8-19-40(33)41/h1-31H. The summed E-state index contributed by atoms with van der Waals surface area (Å²) in [7, 11) is 0. The Bertz CT molecular complexity index is 2870. The van der Waals surface area contributed by atoms with E-state index in [1.165, 1.54) is 49.2 Å². The molecule has 0 aliphatic rings. The Labute approximate surface area is 290 Å². The highest BCUT2D eigenvalue weighted by molar-refractivity contribution is 6.19. The van der Waals surface area contributed by atoms with Crippen LogP contribution in [0.25, 0.3) is 76.5 Å². The van der Waals surface area contributed by atoms with Gasteiger partial charge in [0.25, 0.3) is 0 Å². The number of para-hydroxylation sites is 1. The number of rotatable bonds is 5. The van der Waals surface area contributed by atoms with Crippen LogP contribution in [-0.4, -0.2) is 0 Å². The predicted molar refractivity (Wildman–Crippen MR) is 212 cm³/mol. The van der Waals surface area contributed by atoms with Crippen molar-refractivity contribution in [3.05, 3.63) is 188 Å². The molecule has 0 saturated carbocycles. The number of fused-ring (bicyclic) bond motifs is 8. The Morgan fingerprint density at radius 1 is 0.320 bits per heavy atom. The van der Waals surface area contributed by atoms with E-state index in [1.54, 1.807) is 0 Å². The average molecular weight is 638 g/mol. The topological polar surface area (TPSA) is 16.4 Å². The molecule has 0 spiro atoms. The maximum atomic E-state index is 6.62. The van der Waals surface area contributed by atoms with Crippen molar-refractivity contribution in [3.8, 4) is 22.3 Å². The molecule has 1 aromatic heterocycles. The molecule has 0 unspecified atom stereocenters. The van der Waals surface area contributed by atoms with Crippen molar-refractivity contribution < 1.29 is 4.42 Å². The summed E-state index contributed by atoms with van der Waals surface area (Å²) in [5.74, 6) is 0. The molecule has 0 radical (unpaired) electrons. The summed E-state index contributed by atoms with van der Waals surface area (Å²) in [4.78, 5) is 2.34. The summed E-state index contributed by atoms with van der Waals surface area (Å²) in [5, 5.41) is 9.59. The van der Waals surface area contributed by atoms with E-state index in [2.05, 4.69) is 193 Å². The summed E-state index contributed by atoms with van der Waals surface area (Å²) < 4.78 is 6.62. The van der Waals surface area contributed by atoms with Crippen LogP contribution < -0.4 is 4.90 Å². The van der Waals surface area contributed by atoms with Gasteiger partial charge in [-0.1, -0.05) is 133 Å². The maximum absolute atomic E-state index is 6.62. The van der Waals surface area contributed by atoms with Gasteiger partial charge in [-0.2, -0.15) is 0 Å². The van der Waals surface area contributed by atoms with E-state index in [4.69, 9.17) is 4.42 Å². The highest BCUT2D eigenvalue weighted by Crippen LogP contribution is 2.43. The largest absolute Gasteiger partial charge is 0.455 e. The SMILES string of the molecule is c1ccc(-c2cc3c4cc(N(c5ccccc5)c5cccc(-c6ccc7c(ccc8ccccc87)c6)c5)ccc4oc3c3ccccc23)cc1. The zero-order chi connectivity index (χ0) is 33.0.